The number of aryl methyl sites for hydroxylation is 1. The molecule has 0 aliphatic heterocycles. The van der Waals surface area contributed by atoms with Gasteiger partial charge in [0.15, 0.2) is 6.10 Å². The van der Waals surface area contributed by atoms with Crippen LogP contribution < -0.4 is 5.32 Å². The minimum atomic E-state index is -1.05. The highest BCUT2D eigenvalue weighted by atomic mass is 35.5. The van der Waals surface area contributed by atoms with Crippen molar-refractivity contribution < 1.29 is 23.9 Å². The van der Waals surface area contributed by atoms with Gasteiger partial charge < -0.3 is 19.8 Å². The monoisotopic (exact) mass is 392 g/mol. The summed E-state index contributed by atoms with van der Waals surface area (Å²) in [5.74, 6) is -1.76. The SMILES string of the molecule is CCOC(=O)c1c(C)[nH]c(C(=O)OC(C)C(=O)Nc2cccc(Cl)c2)c1C. The largest absolute Gasteiger partial charge is 0.462 e. The molecule has 0 aliphatic rings. The van der Waals surface area contributed by atoms with Gasteiger partial charge >= 0.3 is 11.9 Å². The van der Waals surface area contributed by atoms with Crippen LogP contribution in [0.5, 0.6) is 0 Å². The summed E-state index contributed by atoms with van der Waals surface area (Å²) in [5, 5.41) is 3.09. The summed E-state index contributed by atoms with van der Waals surface area (Å²) in [7, 11) is 0. The summed E-state index contributed by atoms with van der Waals surface area (Å²) in [6.45, 7) is 6.65. The molecular weight excluding hydrogens is 372 g/mol. The van der Waals surface area contributed by atoms with Gasteiger partial charge in [0.2, 0.25) is 0 Å². The van der Waals surface area contributed by atoms with Crippen LogP contribution in [-0.2, 0) is 14.3 Å². The lowest BCUT2D eigenvalue weighted by Gasteiger charge is -2.13. The number of carbonyl (C=O) groups excluding carboxylic acids is 3. The van der Waals surface area contributed by atoms with Crippen LogP contribution in [0.4, 0.5) is 5.69 Å². The second-order valence-corrected chi connectivity index (χ2v) is 6.33. The van der Waals surface area contributed by atoms with E-state index in [-0.39, 0.29) is 12.3 Å². The topological polar surface area (TPSA) is 97.5 Å². The van der Waals surface area contributed by atoms with Gasteiger partial charge in [-0.05, 0) is 51.5 Å². The van der Waals surface area contributed by atoms with Gasteiger partial charge in [-0.3, -0.25) is 4.79 Å². The third-order valence-electron chi connectivity index (χ3n) is 3.87. The molecule has 2 N–H and O–H groups in total. The van der Waals surface area contributed by atoms with E-state index in [1.165, 1.54) is 6.92 Å². The van der Waals surface area contributed by atoms with Gasteiger partial charge in [-0.15, -0.1) is 0 Å². The zero-order valence-corrected chi connectivity index (χ0v) is 16.3. The van der Waals surface area contributed by atoms with Crippen LogP contribution >= 0.6 is 11.6 Å². The summed E-state index contributed by atoms with van der Waals surface area (Å²) in [6, 6.07) is 6.62. The number of benzene rings is 1. The number of esters is 2. The predicted molar refractivity (Wildman–Crippen MR) is 101 cm³/mol. The fourth-order valence-electron chi connectivity index (χ4n) is 2.55. The van der Waals surface area contributed by atoms with Crippen molar-refractivity contribution in [2.75, 3.05) is 11.9 Å². The number of hydrogen-bond acceptors (Lipinski definition) is 5. The molecule has 2 aromatic rings. The third kappa shape index (κ3) is 4.89. The Morgan fingerprint density at radius 1 is 1.22 bits per heavy atom. The number of aromatic nitrogens is 1. The van der Waals surface area contributed by atoms with E-state index in [1.807, 2.05) is 0 Å². The average molecular weight is 393 g/mol. The Hall–Kier alpha value is -2.80. The predicted octanol–water partition coefficient (Wildman–Crippen LogP) is 3.65. The molecule has 0 saturated heterocycles. The second kappa shape index (κ2) is 8.73. The van der Waals surface area contributed by atoms with Crippen LogP contribution in [0, 0.1) is 13.8 Å². The van der Waals surface area contributed by atoms with Gasteiger partial charge in [0.05, 0.1) is 12.2 Å². The lowest BCUT2D eigenvalue weighted by atomic mass is 10.1. The van der Waals surface area contributed by atoms with Gasteiger partial charge in [-0.2, -0.15) is 0 Å². The first kappa shape index (κ1) is 20.5. The molecular formula is C19H21ClN2O5. The van der Waals surface area contributed by atoms with Crippen LogP contribution in [0.3, 0.4) is 0 Å². The van der Waals surface area contributed by atoms with Crippen molar-refractivity contribution in [1.82, 2.24) is 4.98 Å². The number of carbonyl (C=O) groups is 3. The number of aromatic amines is 1. The van der Waals surface area contributed by atoms with Crippen LogP contribution in [0.1, 0.15) is 46.0 Å². The molecule has 1 amide bonds. The maximum absolute atomic E-state index is 12.4. The summed E-state index contributed by atoms with van der Waals surface area (Å²) >= 11 is 5.88. The first-order valence-corrected chi connectivity index (χ1v) is 8.76. The van der Waals surface area contributed by atoms with E-state index >= 15 is 0 Å². The van der Waals surface area contributed by atoms with Gasteiger partial charge in [0.25, 0.3) is 5.91 Å². The lowest BCUT2D eigenvalue weighted by Crippen LogP contribution is -2.30. The molecule has 144 valence electrons. The molecule has 1 heterocycles. The summed E-state index contributed by atoms with van der Waals surface area (Å²) in [6.07, 6.45) is -1.05. The summed E-state index contributed by atoms with van der Waals surface area (Å²) in [4.78, 5) is 39.5. The van der Waals surface area contributed by atoms with E-state index in [4.69, 9.17) is 21.1 Å². The van der Waals surface area contributed by atoms with Crippen LogP contribution in [0.25, 0.3) is 0 Å². The zero-order valence-electron chi connectivity index (χ0n) is 15.5. The quantitative estimate of drug-likeness (QED) is 0.731. The van der Waals surface area contributed by atoms with Crippen molar-refractivity contribution in [2.45, 2.75) is 33.8 Å². The van der Waals surface area contributed by atoms with E-state index in [2.05, 4.69) is 10.3 Å². The van der Waals surface area contributed by atoms with Gasteiger partial charge in [-0.25, -0.2) is 9.59 Å². The minimum Gasteiger partial charge on any atom is -0.462 e. The van der Waals surface area contributed by atoms with Crippen LogP contribution in [-0.4, -0.2) is 35.5 Å². The molecule has 0 bridgehead atoms. The smallest absolute Gasteiger partial charge is 0.355 e. The average Bonchev–Trinajstić information content (AvgIpc) is 2.89. The van der Waals surface area contributed by atoms with Gasteiger partial charge in [0, 0.05) is 16.4 Å². The van der Waals surface area contributed by atoms with Crippen molar-refractivity contribution in [3.8, 4) is 0 Å². The van der Waals surface area contributed by atoms with Crippen molar-refractivity contribution >= 4 is 35.1 Å². The van der Waals surface area contributed by atoms with Gasteiger partial charge in [0.1, 0.15) is 5.69 Å². The molecule has 2 rings (SSSR count). The van der Waals surface area contributed by atoms with Crippen LogP contribution in [0.2, 0.25) is 5.02 Å². The Morgan fingerprint density at radius 2 is 1.93 bits per heavy atom. The Balaban J connectivity index is 2.09. The molecule has 0 fully saturated rings. The second-order valence-electron chi connectivity index (χ2n) is 5.89. The standard InChI is InChI=1S/C19H21ClN2O5/c1-5-26-18(24)15-10(2)16(21-11(15)3)19(25)27-12(4)17(23)22-14-8-6-7-13(20)9-14/h6-9,12,21H,5H2,1-4H3,(H,22,23). The number of H-pyrrole nitrogens is 1. The van der Waals surface area contributed by atoms with Crippen LogP contribution in [0.15, 0.2) is 24.3 Å². The summed E-state index contributed by atoms with van der Waals surface area (Å²) in [5.41, 5.74) is 1.80. The zero-order chi connectivity index (χ0) is 20.1. The number of rotatable bonds is 6. The molecule has 1 atom stereocenters. The molecule has 8 heteroatoms. The highest BCUT2D eigenvalue weighted by Gasteiger charge is 2.26. The van der Waals surface area contributed by atoms with Crippen molar-refractivity contribution in [3.63, 3.8) is 0 Å². The lowest BCUT2D eigenvalue weighted by molar-refractivity contribution is -0.123. The Kier molecular flexibility index (Phi) is 6.63. The number of anilines is 1. The van der Waals surface area contributed by atoms with Gasteiger partial charge in [-0.1, -0.05) is 17.7 Å². The highest BCUT2D eigenvalue weighted by molar-refractivity contribution is 6.30. The number of ether oxygens (including phenoxy) is 2. The fraction of sp³-hybridized carbons (Fsp3) is 0.316. The number of hydrogen-bond donors (Lipinski definition) is 2. The first-order valence-electron chi connectivity index (χ1n) is 8.38. The van der Waals surface area contributed by atoms with E-state index < -0.39 is 23.9 Å². The molecule has 0 radical (unpaired) electrons. The Bertz CT molecular complexity index is 875. The maximum Gasteiger partial charge on any atom is 0.355 e. The third-order valence-corrected chi connectivity index (χ3v) is 4.10. The number of amides is 1. The van der Waals surface area contributed by atoms with E-state index in [9.17, 15) is 14.4 Å². The highest BCUT2D eigenvalue weighted by Crippen LogP contribution is 2.21. The maximum atomic E-state index is 12.4. The molecule has 0 aliphatic carbocycles. The normalized spacial score (nSPS) is 11.6. The Labute approximate surface area is 162 Å². The molecule has 7 nitrogen and oxygen atoms in total. The van der Waals surface area contributed by atoms with E-state index in [1.54, 1.807) is 45.0 Å². The molecule has 1 aromatic heterocycles. The molecule has 27 heavy (non-hydrogen) atoms. The van der Waals surface area contributed by atoms with E-state index in [0.29, 0.717) is 27.5 Å². The Morgan fingerprint density at radius 3 is 2.56 bits per heavy atom. The number of nitrogens with one attached hydrogen (secondary N) is 2. The van der Waals surface area contributed by atoms with Crippen molar-refractivity contribution in [3.05, 3.63) is 51.8 Å². The van der Waals surface area contributed by atoms with Crippen molar-refractivity contribution in [1.29, 1.82) is 0 Å². The number of halogens is 1. The fourth-order valence-corrected chi connectivity index (χ4v) is 2.74. The molecule has 0 spiro atoms. The molecule has 1 unspecified atom stereocenters. The van der Waals surface area contributed by atoms with E-state index in [0.717, 1.165) is 0 Å². The molecule has 0 saturated carbocycles. The first-order chi connectivity index (χ1) is 12.7. The molecule has 1 aromatic carbocycles. The minimum absolute atomic E-state index is 0.109. The summed E-state index contributed by atoms with van der Waals surface area (Å²) < 4.78 is 10.2. The van der Waals surface area contributed by atoms with Crippen molar-refractivity contribution in [2.24, 2.45) is 0 Å².